The molecule has 0 atom stereocenters. The molecule has 248 valence electrons. The van der Waals surface area contributed by atoms with E-state index in [2.05, 4.69) is 5.32 Å². The maximum atomic E-state index is 13.9. The van der Waals surface area contributed by atoms with Crippen LogP contribution in [0.15, 0.2) is 62.6 Å². The number of nitrogens with one attached hydrogen (secondary N) is 1. The van der Waals surface area contributed by atoms with Gasteiger partial charge in [0.1, 0.15) is 41.4 Å². The lowest BCUT2D eigenvalue weighted by Crippen LogP contribution is -2.18. The van der Waals surface area contributed by atoms with Crippen molar-refractivity contribution in [3.8, 4) is 45.8 Å². The molecule has 1 fully saturated rings. The molecule has 2 heterocycles. The molecular formula is C35H37NO10S. The van der Waals surface area contributed by atoms with Crippen molar-refractivity contribution in [2.45, 2.75) is 27.7 Å². The molecule has 11 nitrogen and oxygen atoms in total. The average Bonchev–Trinajstić information content (AvgIpc) is 3.44. The van der Waals surface area contributed by atoms with Crippen molar-refractivity contribution >= 4 is 39.5 Å². The zero-order chi connectivity index (χ0) is 34.2. The molecule has 2 amide bonds. The number of thioether (sulfide) groups is 1. The number of carbonyl (C=O) groups excluding carboxylic acids is 2. The predicted molar refractivity (Wildman–Crippen MR) is 181 cm³/mol. The summed E-state index contributed by atoms with van der Waals surface area (Å²) in [5, 5.41) is 2.09. The molecule has 0 bridgehead atoms. The number of carbonyl (C=O) groups is 2. The first-order valence-corrected chi connectivity index (χ1v) is 15.6. The van der Waals surface area contributed by atoms with Crippen LogP contribution in [0, 0.1) is 6.92 Å². The summed E-state index contributed by atoms with van der Waals surface area (Å²) in [6, 6.07) is 13.8. The summed E-state index contributed by atoms with van der Waals surface area (Å²) in [6.45, 7) is 7.81. The number of fused-ring (bicyclic) bond motifs is 1. The SMILES string of the molecule is CC.COc1cc(OC)c2c(=O)c(OCCOc3ccc(/C(C)=C4\SC(=O)NC4=O)c(C)c3)c(-c3ccc(OC)c(OC)c3)oc2c1. The first-order chi connectivity index (χ1) is 22.7. The van der Waals surface area contributed by atoms with Gasteiger partial charge in [0.15, 0.2) is 17.3 Å². The highest BCUT2D eigenvalue weighted by Gasteiger charge is 2.28. The Hall–Kier alpha value is -5.10. The Balaban J connectivity index is 0.00000245. The molecule has 1 aliphatic heterocycles. The lowest BCUT2D eigenvalue weighted by molar-refractivity contribution is -0.115. The first-order valence-electron chi connectivity index (χ1n) is 14.7. The Kier molecular flexibility index (Phi) is 11.4. The van der Waals surface area contributed by atoms with Crippen LogP contribution in [0.3, 0.4) is 0 Å². The molecule has 0 spiro atoms. The fourth-order valence-corrected chi connectivity index (χ4v) is 5.69. The van der Waals surface area contributed by atoms with E-state index in [1.165, 1.54) is 28.4 Å². The van der Waals surface area contributed by atoms with Gasteiger partial charge in [-0.3, -0.25) is 19.7 Å². The quantitative estimate of drug-likeness (QED) is 0.131. The number of ether oxygens (including phenoxy) is 6. The van der Waals surface area contributed by atoms with Crippen LogP contribution in [0.5, 0.6) is 34.5 Å². The second kappa shape index (κ2) is 15.5. The van der Waals surface area contributed by atoms with Gasteiger partial charge in [-0.15, -0.1) is 0 Å². The topological polar surface area (TPSA) is 132 Å². The highest BCUT2D eigenvalue weighted by molar-refractivity contribution is 8.18. The molecule has 4 aromatic rings. The molecule has 1 aliphatic rings. The normalized spacial score (nSPS) is 13.4. The number of hydrogen-bond donors (Lipinski definition) is 1. The molecule has 1 N–H and O–H groups in total. The first kappa shape index (κ1) is 34.8. The molecule has 0 aliphatic carbocycles. The van der Waals surface area contributed by atoms with Crippen LogP contribution < -0.4 is 39.2 Å². The highest BCUT2D eigenvalue weighted by Crippen LogP contribution is 2.39. The third-order valence-corrected chi connectivity index (χ3v) is 8.13. The second-order valence-corrected chi connectivity index (χ2v) is 10.8. The van der Waals surface area contributed by atoms with Crippen LogP contribution in [0.25, 0.3) is 27.9 Å². The number of methoxy groups -OCH3 is 4. The summed E-state index contributed by atoms with van der Waals surface area (Å²) in [6.07, 6.45) is 0. The Labute approximate surface area is 276 Å². The average molecular weight is 664 g/mol. The van der Waals surface area contributed by atoms with Gasteiger partial charge in [0.05, 0.1) is 33.3 Å². The van der Waals surface area contributed by atoms with Gasteiger partial charge in [0, 0.05) is 17.7 Å². The molecular weight excluding hydrogens is 626 g/mol. The molecule has 0 unspecified atom stereocenters. The largest absolute Gasteiger partial charge is 0.496 e. The third-order valence-electron chi connectivity index (χ3n) is 7.15. The lowest BCUT2D eigenvalue weighted by atomic mass is 10.0. The summed E-state index contributed by atoms with van der Waals surface area (Å²) in [7, 11) is 6.01. The summed E-state index contributed by atoms with van der Waals surface area (Å²) in [5.74, 6) is 2.00. The van der Waals surface area contributed by atoms with Gasteiger partial charge in [-0.1, -0.05) is 19.9 Å². The van der Waals surface area contributed by atoms with Crippen molar-refractivity contribution in [2.75, 3.05) is 41.7 Å². The smallest absolute Gasteiger partial charge is 0.290 e. The molecule has 3 aromatic carbocycles. The van der Waals surface area contributed by atoms with E-state index in [0.29, 0.717) is 39.0 Å². The Morgan fingerprint density at radius 2 is 1.49 bits per heavy atom. The van der Waals surface area contributed by atoms with Gasteiger partial charge >= 0.3 is 0 Å². The molecule has 12 heteroatoms. The molecule has 0 radical (unpaired) electrons. The van der Waals surface area contributed by atoms with E-state index >= 15 is 0 Å². The number of amides is 2. The van der Waals surface area contributed by atoms with Gasteiger partial charge in [0.2, 0.25) is 11.2 Å². The molecule has 5 rings (SSSR count). The summed E-state index contributed by atoms with van der Waals surface area (Å²) in [4.78, 5) is 38.0. The number of imide groups is 1. The van der Waals surface area contributed by atoms with Crippen molar-refractivity contribution in [1.29, 1.82) is 0 Å². The van der Waals surface area contributed by atoms with Gasteiger partial charge in [0.25, 0.3) is 11.1 Å². The minimum Gasteiger partial charge on any atom is -0.496 e. The maximum Gasteiger partial charge on any atom is 0.290 e. The van der Waals surface area contributed by atoms with Gasteiger partial charge < -0.3 is 32.8 Å². The Bertz CT molecular complexity index is 1900. The van der Waals surface area contributed by atoms with E-state index in [4.69, 9.17) is 32.8 Å². The van der Waals surface area contributed by atoms with Crippen molar-refractivity contribution in [3.05, 3.63) is 74.8 Å². The van der Waals surface area contributed by atoms with E-state index in [9.17, 15) is 14.4 Å². The second-order valence-electron chi connectivity index (χ2n) is 9.83. The number of aryl methyl sites for hydroxylation is 1. The summed E-state index contributed by atoms with van der Waals surface area (Å²) >= 11 is 0.885. The van der Waals surface area contributed by atoms with Gasteiger partial charge in [-0.2, -0.15) is 0 Å². The van der Waals surface area contributed by atoms with E-state index in [-0.39, 0.29) is 46.7 Å². The third kappa shape index (κ3) is 7.33. The van der Waals surface area contributed by atoms with E-state index in [1.807, 2.05) is 32.9 Å². The van der Waals surface area contributed by atoms with Crippen molar-refractivity contribution in [1.82, 2.24) is 5.32 Å². The molecule has 0 saturated carbocycles. The van der Waals surface area contributed by atoms with Crippen LogP contribution in [-0.4, -0.2) is 52.8 Å². The van der Waals surface area contributed by atoms with Crippen molar-refractivity contribution in [3.63, 3.8) is 0 Å². The fourth-order valence-electron chi connectivity index (χ4n) is 4.95. The standard InChI is InChI=1S/C33H31NO10S.C2H6/c1-17-13-20(8-9-22(17)18(2)31-32(36)34-33(37)45-31)42-11-12-43-30-28(35)27-25(41-6)15-21(38-3)16-26(27)44-29(30)19-7-10-23(39-4)24(14-19)40-5;1-2/h7-10,13-16H,11-12H2,1-6H3,(H,34,36,37);1-2H3/b31-18-;. The predicted octanol–water partition coefficient (Wildman–Crippen LogP) is 7.00. The number of allylic oxidation sites excluding steroid dienone is 1. The van der Waals surface area contributed by atoms with E-state index in [0.717, 1.165) is 22.9 Å². The highest BCUT2D eigenvalue weighted by atomic mass is 32.2. The molecule has 1 saturated heterocycles. The lowest BCUT2D eigenvalue weighted by Gasteiger charge is -2.16. The van der Waals surface area contributed by atoms with Crippen LogP contribution >= 0.6 is 11.8 Å². The number of rotatable bonds is 11. The van der Waals surface area contributed by atoms with E-state index < -0.39 is 11.3 Å². The Morgan fingerprint density at radius 3 is 2.11 bits per heavy atom. The van der Waals surface area contributed by atoms with Crippen molar-refractivity contribution in [2.24, 2.45) is 0 Å². The van der Waals surface area contributed by atoms with Gasteiger partial charge in [-0.25, -0.2) is 0 Å². The molecule has 1 aromatic heterocycles. The zero-order valence-electron chi connectivity index (χ0n) is 27.5. The van der Waals surface area contributed by atoms with Crippen molar-refractivity contribution < 1.29 is 42.4 Å². The minimum atomic E-state index is -0.434. The Morgan fingerprint density at radius 1 is 0.787 bits per heavy atom. The number of benzene rings is 3. The van der Waals surface area contributed by atoms with Crippen LogP contribution in [0.1, 0.15) is 31.9 Å². The van der Waals surface area contributed by atoms with Crippen LogP contribution in [-0.2, 0) is 4.79 Å². The van der Waals surface area contributed by atoms with Crippen LogP contribution in [0.4, 0.5) is 4.79 Å². The number of hydrogen-bond acceptors (Lipinski definition) is 11. The maximum absolute atomic E-state index is 13.9. The van der Waals surface area contributed by atoms with Gasteiger partial charge in [-0.05, 0) is 72.6 Å². The zero-order valence-corrected chi connectivity index (χ0v) is 28.3. The molecule has 47 heavy (non-hydrogen) atoms. The summed E-state index contributed by atoms with van der Waals surface area (Å²) in [5.41, 5.74) is 2.73. The summed E-state index contributed by atoms with van der Waals surface area (Å²) < 4.78 is 39.9. The minimum absolute atomic E-state index is 0.0117. The van der Waals surface area contributed by atoms with E-state index in [1.54, 1.807) is 43.3 Å². The fraction of sp³-hybridized carbons (Fsp3) is 0.286. The monoisotopic (exact) mass is 663 g/mol. The van der Waals surface area contributed by atoms with Crippen LogP contribution in [0.2, 0.25) is 0 Å².